The maximum absolute atomic E-state index is 11.6. The van der Waals surface area contributed by atoms with Crippen molar-refractivity contribution in [2.45, 2.75) is 13.0 Å². The van der Waals surface area contributed by atoms with Gasteiger partial charge in [-0.15, -0.1) is 0 Å². The number of hydrogen-bond donors (Lipinski definition) is 3. The van der Waals surface area contributed by atoms with Gasteiger partial charge in [-0.25, -0.2) is 4.98 Å². The van der Waals surface area contributed by atoms with Crippen LogP contribution in [0.5, 0.6) is 0 Å². The van der Waals surface area contributed by atoms with Gasteiger partial charge in [-0.1, -0.05) is 11.6 Å². The van der Waals surface area contributed by atoms with Gasteiger partial charge in [-0.3, -0.25) is 4.79 Å². The van der Waals surface area contributed by atoms with Gasteiger partial charge in [0.05, 0.1) is 24.1 Å². The summed E-state index contributed by atoms with van der Waals surface area (Å²) in [5.74, 6) is -0.402. The lowest BCUT2D eigenvalue weighted by Gasteiger charge is -2.11. The van der Waals surface area contributed by atoms with Crippen LogP contribution in [0.2, 0.25) is 5.15 Å². The zero-order chi connectivity index (χ0) is 11.4. The lowest BCUT2D eigenvalue weighted by atomic mass is 10.2. The van der Waals surface area contributed by atoms with E-state index >= 15 is 0 Å². The molecule has 0 saturated carbocycles. The van der Waals surface area contributed by atoms with Gasteiger partial charge in [0.25, 0.3) is 5.91 Å². The van der Waals surface area contributed by atoms with E-state index in [0.29, 0.717) is 5.69 Å². The number of carbonyl (C=O) groups is 1. The maximum atomic E-state index is 11.6. The normalized spacial score (nSPS) is 12.2. The maximum Gasteiger partial charge on any atom is 0.254 e. The predicted octanol–water partition coefficient (Wildman–Crippen LogP) is 0.428. The minimum Gasteiger partial charge on any atom is -0.397 e. The van der Waals surface area contributed by atoms with Crippen molar-refractivity contribution < 1.29 is 9.90 Å². The van der Waals surface area contributed by atoms with Gasteiger partial charge < -0.3 is 16.2 Å². The predicted molar refractivity (Wildman–Crippen MR) is 57.7 cm³/mol. The van der Waals surface area contributed by atoms with Crippen LogP contribution in [0.25, 0.3) is 0 Å². The van der Waals surface area contributed by atoms with E-state index in [1.165, 1.54) is 12.3 Å². The molecule has 1 amide bonds. The molecule has 1 aromatic heterocycles. The number of pyridine rings is 1. The van der Waals surface area contributed by atoms with E-state index in [4.69, 9.17) is 22.4 Å². The molecule has 0 bridgehead atoms. The van der Waals surface area contributed by atoms with Crippen LogP contribution in [-0.4, -0.2) is 28.6 Å². The van der Waals surface area contributed by atoms with Crippen LogP contribution in [0.15, 0.2) is 12.3 Å². The van der Waals surface area contributed by atoms with Gasteiger partial charge in [0, 0.05) is 6.04 Å². The minimum atomic E-state index is -0.402. The molecular formula is C9H12ClN3O2. The van der Waals surface area contributed by atoms with Crippen LogP contribution in [0.4, 0.5) is 5.69 Å². The third-order valence-corrected chi connectivity index (χ3v) is 2.06. The third kappa shape index (κ3) is 3.07. The second-order valence-corrected chi connectivity index (χ2v) is 3.52. The Bertz CT molecular complexity index is 370. The topological polar surface area (TPSA) is 88.2 Å². The molecule has 0 aliphatic heterocycles. The molecule has 0 aliphatic carbocycles. The van der Waals surface area contributed by atoms with Crippen molar-refractivity contribution in [3.8, 4) is 0 Å². The third-order valence-electron chi connectivity index (χ3n) is 1.76. The lowest BCUT2D eigenvalue weighted by molar-refractivity contribution is 0.0922. The fourth-order valence-corrected chi connectivity index (χ4v) is 1.16. The Kier molecular flexibility index (Phi) is 3.88. The number of aromatic nitrogens is 1. The first-order valence-electron chi connectivity index (χ1n) is 4.37. The van der Waals surface area contributed by atoms with Crippen molar-refractivity contribution in [2.24, 2.45) is 0 Å². The molecule has 1 aromatic rings. The molecule has 82 valence electrons. The highest BCUT2D eigenvalue weighted by atomic mass is 35.5. The number of nitrogens with zero attached hydrogens (tertiary/aromatic N) is 1. The van der Waals surface area contributed by atoms with E-state index in [1.54, 1.807) is 6.92 Å². The minimum absolute atomic E-state index is 0.0897. The quantitative estimate of drug-likeness (QED) is 0.656. The zero-order valence-corrected chi connectivity index (χ0v) is 8.95. The molecule has 1 heterocycles. The fraction of sp³-hybridized carbons (Fsp3) is 0.333. The molecule has 5 nitrogen and oxygen atoms in total. The Morgan fingerprint density at radius 3 is 3.07 bits per heavy atom. The average molecular weight is 230 g/mol. The van der Waals surface area contributed by atoms with Gasteiger partial charge in [0.2, 0.25) is 0 Å². The summed E-state index contributed by atoms with van der Waals surface area (Å²) in [6.45, 7) is 1.53. The second-order valence-electron chi connectivity index (χ2n) is 3.16. The van der Waals surface area contributed by atoms with Gasteiger partial charge in [0.1, 0.15) is 5.15 Å². The van der Waals surface area contributed by atoms with Gasteiger partial charge >= 0.3 is 0 Å². The van der Waals surface area contributed by atoms with Crippen molar-refractivity contribution in [3.63, 3.8) is 0 Å². The molecule has 6 heteroatoms. The van der Waals surface area contributed by atoms with Crippen LogP contribution in [0.3, 0.4) is 0 Å². The highest BCUT2D eigenvalue weighted by Crippen LogP contribution is 2.15. The monoisotopic (exact) mass is 229 g/mol. The van der Waals surface area contributed by atoms with Crippen molar-refractivity contribution in [1.82, 2.24) is 10.3 Å². The average Bonchev–Trinajstić information content (AvgIpc) is 2.21. The Morgan fingerprint density at radius 2 is 2.47 bits per heavy atom. The smallest absolute Gasteiger partial charge is 0.254 e. The Hall–Kier alpha value is -1.33. The number of carbonyl (C=O) groups excluding carboxylic acids is 1. The van der Waals surface area contributed by atoms with Gasteiger partial charge in [0.15, 0.2) is 0 Å². The number of nitrogen functional groups attached to an aromatic ring is 1. The Balaban J connectivity index is 2.86. The number of aliphatic hydroxyl groups excluding tert-OH is 1. The molecule has 15 heavy (non-hydrogen) atoms. The number of nitrogens with two attached hydrogens (primary N) is 1. The molecule has 0 spiro atoms. The molecule has 1 rings (SSSR count). The first kappa shape index (κ1) is 11.7. The van der Waals surface area contributed by atoms with Gasteiger partial charge in [-0.2, -0.15) is 0 Å². The van der Waals surface area contributed by atoms with E-state index in [9.17, 15) is 4.79 Å². The standard InChI is InChI=1S/C9H12ClN3O2/c1-5(4-14)13-9(15)7-2-6(11)3-12-8(7)10/h2-3,5,14H,4,11H2,1H3,(H,13,15)/t5-/m0/s1. The molecular weight excluding hydrogens is 218 g/mol. The van der Waals surface area contributed by atoms with Crippen LogP contribution >= 0.6 is 11.6 Å². The Morgan fingerprint density at radius 1 is 1.80 bits per heavy atom. The summed E-state index contributed by atoms with van der Waals surface area (Å²) in [7, 11) is 0. The van der Waals surface area contributed by atoms with E-state index in [0.717, 1.165) is 0 Å². The largest absolute Gasteiger partial charge is 0.397 e. The molecule has 0 unspecified atom stereocenters. The number of halogens is 1. The molecule has 1 atom stereocenters. The summed E-state index contributed by atoms with van der Waals surface area (Å²) in [4.78, 5) is 15.3. The molecule has 0 aromatic carbocycles. The number of nitrogens with one attached hydrogen (secondary N) is 1. The van der Waals surface area contributed by atoms with E-state index in [1.807, 2.05) is 0 Å². The summed E-state index contributed by atoms with van der Waals surface area (Å²) in [5, 5.41) is 11.4. The first-order valence-corrected chi connectivity index (χ1v) is 4.75. The highest BCUT2D eigenvalue weighted by molar-refractivity contribution is 6.32. The van der Waals surface area contributed by atoms with Crippen molar-refractivity contribution in [3.05, 3.63) is 23.0 Å². The molecule has 0 saturated heterocycles. The number of rotatable bonds is 3. The Labute approximate surface area is 92.3 Å². The van der Waals surface area contributed by atoms with E-state index < -0.39 is 5.91 Å². The summed E-state index contributed by atoms with van der Waals surface area (Å²) >= 11 is 5.73. The van der Waals surface area contributed by atoms with Crippen LogP contribution in [-0.2, 0) is 0 Å². The first-order chi connectivity index (χ1) is 7.04. The molecule has 0 fully saturated rings. The molecule has 0 radical (unpaired) electrons. The summed E-state index contributed by atoms with van der Waals surface area (Å²) in [6, 6.07) is 1.10. The van der Waals surface area contributed by atoms with Crippen molar-refractivity contribution >= 4 is 23.2 Å². The number of aliphatic hydroxyl groups is 1. The summed E-state index contributed by atoms with van der Waals surface area (Å²) < 4.78 is 0. The van der Waals surface area contributed by atoms with Crippen LogP contribution in [0.1, 0.15) is 17.3 Å². The second kappa shape index (κ2) is 4.95. The van der Waals surface area contributed by atoms with Crippen LogP contribution in [0, 0.1) is 0 Å². The zero-order valence-electron chi connectivity index (χ0n) is 8.20. The fourth-order valence-electron chi connectivity index (χ4n) is 0.971. The summed E-state index contributed by atoms with van der Waals surface area (Å²) in [5.41, 5.74) is 6.05. The van der Waals surface area contributed by atoms with Gasteiger partial charge in [-0.05, 0) is 13.0 Å². The van der Waals surface area contributed by atoms with Crippen LogP contribution < -0.4 is 11.1 Å². The number of hydrogen-bond acceptors (Lipinski definition) is 4. The highest BCUT2D eigenvalue weighted by Gasteiger charge is 2.13. The van der Waals surface area contributed by atoms with E-state index in [2.05, 4.69) is 10.3 Å². The lowest BCUT2D eigenvalue weighted by Crippen LogP contribution is -2.35. The summed E-state index contributed by atoms with van der Waals surface area (Å²) in [6.07, 6.45) is 1.37. The van der Waals surface area contributed by atoms with Crippen molar-refractivity contribution in [1.29, 1.82) is 0 Å². The molecule has 0 aliphatic rings. The van der Waals surface area contributed by atoms with E-state index in [-0.39, 0.29) is 23.4 Å². The number of amides is 1. The SMILES string of the molecule is C[C@@H](CO)NC(=O)c1cc(N)cnc1Cl. The van der Waals surface area contributed by atoms with Crippen molar-refractivity contribution in [2.75, 3.05) is 12.3 Å². The molecule has 4 N–H and O–H groups in total. The number of anilines is 1.